The van der Waals surface area contributed by atoms with Crippen LogP contribution in [-0.2, 0) is 14.8 Å². The van der Waals surface area contributed by atoms with Crippen LogP contribution in [0.5, 0.6) is 0 Å². The highest BCUT2D eigenvalue weighted by atomic mass is 32.2. The van der Waals surface area contributed by atoms with Gasteiger partial charge in [-0.3, -0.25) is 4.79 Å². The van der Waals surface area contributed by atoms with Gasteiger partial charge in [-0.15, -0.1) is 0 Å². The topological polar surface area (TPSA) is 92.5 Å². The van der Waals surface area contributed by atoms with Crippen LogP contribution in [0.2, 0.25) is 0 Å². The lowest BCUT2D eigenvalue weighted by Gasteiger charge is -2.26. The van der Waals surface area contributed by atoms with Gasteiger partial charge in [0.1, 0.15) is 0 Å². The van der Waals surface area contributed by atoms with Crippen LogP contribution in [0.4, 0.5) is 11.4 Å². The van der Waals surface area contributed by atoms with Gasteiger partial charge in [-0.1, -0.05) is 29.8 Å². The molecule has 0 aliphatic carbocycles. The molecule has 1 heterocycles. The van der Waals surface area contributed by atoms with Crippen LogP contribution in [0.3, 0.4) is 0 Å². The number of para-hydroxylation sites is 2. The molecule has 1 aliphatic rings. The summed E-state index contributed by atoms with van der Waals surface area (Å²) in [5.41, 5.74) is 8.51. The number of anilines is 2. The van der Waals surface area contributed by atoms with Gasteiger partial charge in [0.2, 0.25) is 10.0 Å². The maximum absolute atomic E-state index is 12.8. The smallest absolute Gasteiger partial charge is 0.243 e. The second-order valence-electron chi connectivity index (χ2n) is 5.93. The first kappa shape index (κ1) is 17.2. The predicted octanol–water partition coefficient (Wildman–Crippen LogP) is 2.15. The molecule has 1 aliphatic heterocycles. The number of carbonyl (C=O) groups is 1. The molecular weight excluding hydrogens is 338 g/mol. The number of hydrogen-bond acceptors (Lipinski definition) is 5. The SMILES string of the molecule is Cc1ccc(S(=O)(=O)N2CC(=O)C=C(Nc3ccccc3N)C2)cc1. The van der Waals surface area contributed by atoms with Crippen molar-refractivity contribution in [1.29, 1.82) is 0 Å². The van der Waals surface area contributed by atoms with Crippen LogP contribution in [0.25, 0.3) is 0 Å². The van der Waals surface area contributed by atoms with Crippen molar-refractivity contribution in [3.05, 3.63) is 65.9 Å². The van der Waals surface area contributed by atoms with Crippen molar-refractivity contribution in [2.75, 3.05) is 24.1 Å². The van der Waals surface area contributed by atoms with E-state index in [0.717, 1.165) is 5.56 Å². The summed E-state index contributed by atoms with van der Waals surface area (Å²) in [7, 11) is -3.75. The van der Waals surface area contributed by atoms with E-state index in [1.165, 1.54) is 10.4 Å². The molecule has 0 atom stereocenters. The van der Waals surface area contributed by atoms with Gasteiger partial charge in [0.05, 0.1) is 29.4 Å². The van der Waals surface area contributed by atoms with Gasteiger partial charge in [-0.25, -0.2) is 8.42 Å². The van der Waals surface area contributed by atoms with Crippen molar-refractivity contribution in [3.8, 4) is 0 Å². The fraction of sp³-hybridized carbons (Fsp3) is 0.167. The summed E-state index contributed by atoms with van der Waals surface area (Å²) in [6.07, 6.45) is 1.42. The number of nitrogens with zero attached hydrogens (tertiary/aromatic N) is 1. The zero-order valence-corrected chi connectivity index (χ0v) is 14.6. The number of benzene rings is 2. The summed E-state index contributed by atoms with van der Waals surface area (Å²) in [5, 5.41) is 3.05. The Balaban J connectivity index is 1.85. The zero-order chi connectivity index (χ0) is 18.0. The molecule has 0 fully saturated rings. The summed E-state index contributed by atoms with van der Waals surface area (Å²) in [6.45, 7) is 1.79. The Bertz CT molecular complexity index is 934. The molecule has 130 valence electrons. The van der Waals surface area contributed by atoms with E-state index in [2.05, 4.69) is 5.32 Å². The van der Waals surface area contributed by atoms with Crippen LogP contribution in [-0.4, -0.2) is 31.6 Å². The summed E-state index contributed by atoms with van der Waals surface area (Å²) in [5.74, 6) is -0.279. The van der Waals surface area contributed by atoms with E-state index in [0.29, 0.717) is 17.1 Å². The van der Waals surface area contributed by atoms with Crippen molar-refractivity contribution >= 4 is 27.2 Å². The van der Waals surface area contributed by atoms with Crippen molar-refractivity contribution in [1.82, 2.24) is 4.31 Å². The standard InChI is InChI=1S/C18H19N3O3S/c1-13-6-8-16(9-7-13)25(23,24)21-11-14(10-15(22)12-21)20-18-5-3-2-4-17(18)19/h2-10,20H,11-12,19H2,1H3. The molecule has 2 aromatic carbocycles. The number of nitrogen functional groups attached to an aromatic ring is 1. The Labute approximate surface area is 147 Å². The third-order valence-electron chi connectivity index (χ3n) is 3.93. The number of ketones is 1. The molecular formula is C18H19N3O3S. The zero-order valence-electron chi connectivity index (χ0n) is 13.8. The van der Waals surface area contributed by atoms with Crippen molar-refractivity contribution in [2.24, 2.45) is 0 Å². The fourth-order valence-corrected chi connectivity index (χ4v) is 3.98. The summed E-state index contributed by atoms with van der Waals surface area (Å²) in [6, 6.07) is 13.7. The third-order valence-corrected chi connectivity index (χ3v) is 5.73. The first-order chi connectivity index (χ1) is 11.9. The molecule has 0 unspecified atom stereocenters. The molecule has 3 N–H and O–H groups in total. The minimum Gasteiger partial charge on any atom is -0.397 e. The van der Waals surface area contributed by atoms with Crippen molar-refractivity contribution in [2.45, 2.75) is 11.8 Å². The van der Waals surface area contributed by atoms with E-state index in [1.807, 2.05) is 13.0 Å². The summed E-state index contributed by atoms with van der Waals surface area (Å²) in [4.78, 5) is 12.2. The number of hydrogen-bond donors (Lipinski definition) is 2. The number of sulfonamides is 1. The number of carbonyl (C=O) groups excluding carboxylic acids is 1. The Hall–Kier alpha value is -2.64. The first-order valence-corrected chi connectivity index (χ1v) is 9.22. The fourth-order valence-electron chi connectivity index (χ4n) is 2.59. The minimum absolute atomic E-state index is 0.0796. The number of aryl methyl sites for hydroxylation is 1. The number of nitrogens with two attached hydrogens (primary N) is 1. The first-order valence-electron chi connectivity index (χ1n) is 7.78. The number of rotatable bonds is 4. The normalized spacial score (nSPS) is 15.7. The summed E-state index contributed by atoms with van der Waals surface area (Å²) >= 11 is 0. The predicted molar refractivity (Wildman–Crippen MR) is 97.5 cm³/mol. The quantitative estimate of drug-likeness (QED) is 0.818. The molecule has 7 heteroatoms. The van der Waals surface area contributed by atoms with Crippen LogP contribution >= 0.6 is 0 Å². The average Bonchev–Trinajstić information content (AvgIpc) is 2.57. The molecule has 0 spiro atoms. The Morgan fingerprint density at radius 3 is 2.40 bits per heavy atom. The largest absolute Gasteiger partial charge is 0.397 e. The molecule has 0 amide bonds. The lowest BCUT2D eigenvalue weighted by Crippen LogP contribution is -2.41. The Kier molecular flexibility index (Phi) is 4.61. The maximum Gasteiger partial charge on any atom is 0.243 e. The second kappa shape index (κ2) is 6.70. The van der Waals surface area contributed by atoms with Gasteiger partial charge in [-0.05, 0) is 31.2 Å². The van der Waals surface area contributed by atoms with Gasteiger partial charge in [-0.2, -0.15) is 4.31 Å². The van der Waals surface area contributed by atoms with Crippen LogP contribution in [0, 0.1) is 6.92 Å². The van der Waals surface area contributed by atoms with E-state index in [1.54, 1.807) is 42.5 Å². The van der Waals surface area contributed by atoms with Crippen LogP contribution < -0.4 is 11.1 Å². The van der Waals surface area contributed by atoms with Crippen molar-refractivity contribution < 1.29 is 13.2 Å². The van der Waals surface area contributed by atoms with Crippen molar-refractivity contribution in [3.63, 3.8) is 0 Å². The highest BCUT2D eigenvalue weighted by Gasteiger charge is 2.30. The summed E-state index contributed by atoms with van der Waals surface area (Å²) < 4.78 is 26.8. The molecule has 0 saturated heterocycles. The highest BCUT2D eigenvalue weighted by molar-refractivity contribution is 7.89. The van der Waals surface area contributed by atoms with Gasteiger partial charge >= 0.3 is 0 Å². The molecule has 6 nitrogen and oxygen atoms in total. The molecule has 25 heavy (non-hydrogen) atoms. The monoisotopic (exact) mass is 357 g/mol. The van der Waals surface area contributed by atoms with Gasteiger partial charge < -0.3 is 11.1 Å². The van der Waals surface area contributed by atoms with E-state index in [9.17, 15) is 13.2 Å². The third kappa shape index (κ3) is 3.72. The lowest BCUT2D eigenvalue weighted by atomic mass is 10.2. The minimum atomic E-state index is -3.75. The van der Waals surface area contributed by atoms with Gasteiger partial charge in [0.15, 0.2) is 5.78 Å². The number of nitrogens with one attached hydrogen (secondary N) is 1. The molecule has 0 bridgehead atoms. The van der Waals surface area contributed by atoms with Crippen LogP contribution in [0.1, 0.15) is 5.56 Å². The lowest BCUT2D eigenvalue weighted by molar-refractivity contribution is -0.115. The van der Waals surface area contributed by atoms with E-state index in [-0.39, 0.29) is 23.8 Å². The van der Waals surface area contributed by atoms with E-state index >= 15 is 0 Å². The average molecular weight is 357 g/mol. The maximum atomic E-state index is 12.8. The molecule has 0 radical (unpaired) electrons. The highest BCUT2D eigenvalue weighted by Crippen LogP contribution is 2.23. The van der Waals surface area contributed by atoms with Gasteiger partial charge in [0, 0.05) is 11.8 Å². The molecule has 2 aromatic rings. The van der Waals surface area contributed by atoms with Crippen LogP contribution in [0.15, 0.2) is 65.2 Å². The van der Waals surface area contributed by atoms with E-state index in [4.69, 9.17) is 5.73 Å². The molecule has 0 aromatic heterocycles. The Morgan fingerprint density at radius 2 is 1.72 bits per heavy atom. The van der Waals surface area contributed by atoms with E-state index < -0.39 is 10.0 Å². The Morgan fingerprint density at radius 1 is 1.04 bits per heavy atom. The molecule has 0 saturated carbocycles. The second-order valence-corrected chi connectivity index (χ2v) is 7.87. The van der Waals surface area contributed by atoms with Gasteiger partial charge in [0.25, 0.3) is 0 Å². The molecule has 3 rings (SSSR count).